The number of halogens is 1. The van der Waals surface area contributed by atoms with E-state index in [-0.39, 0.29) is 30.2 Å². The van der Waals surface area contributed by atoms with Gasteiger partial charge in [-0.3, -0.25) is 4.79 Å². The highest BCUT2D eigenvalue weighted by atomic mass is 19.1. The molecule has 0 unspecified atom stereocenters. The van der Waals surface area contributed by atoms with Gasteiger partial charge in [-0.1, -0.05) is 6.07 Å². The van der Waals surface area contributed by atoms with Gasteiger partial charge in [-0.2, -0.15) is 0 Å². The highest BCUT2D eigenvalue weighted by Gasteiger charge is 2.20. The third kappa shape index (κ3) is 3.93. The Hall–Kier alpha value is -1.62. The summed E-state index contributed by atoms with van der Waals surface area (Å²) < 4.78 is 18.4. The molecule has 1 aromatic rings. The van der Waals surface area contributed by atoms with Gasteiger partial charge in [-0.15, -0.1) is 0 Å². The van der Waals surface area contributed by atoms with Crippen LogP contribution < -0.4 is 15.8 Å². The van der Waals surface area contributed by atoms with Crippen LogP contribution in [0.5, 0.6) is 5.75 Å². The Balaban J connectivity index is 1.86. The fourth-order valence-electron chi connectivity index (χ4n) is 2.55. The van der Waals surface area contributed by atoms with Gasteiger partial charge in [0.1, 0.15) is 0 Å². The van der Waals surface area contributed by atoms with Crippen molar-refractivity contribution in [2.24, 2.45) is 5.73 Å². The predicted molar refractivity (Wildman–Crippen MR) is 75.0 cm³/mol. The van der Waals surface area contributed by atoms with Gasteiger partial charge in [-0.05, 0) is 43.4 Å². The average molecular weight is 280 g/mol. The Bertz CT molecular complexity index is 471. The zero-order valence-electron chi connectivity index (χ0n) is 11.7. The van der Waals surface area contributed by atoms with E-state index < -0.39 is 5.82 Å². The summed E-state index contributed by atoms with van der Waals surface area (Å²) in [5, 5.41) is 2.99. The van der Waals surface area contributed by atoms with E-state index in [1.165, 1.54) is 19.2 Å². The molecule has 0 radical (unpaired) electrons. The van der Waals surface area contributed by atoms with Crippen molar-refractivity contribution in [1.29, 1.82) is 0 Å². The number of methoxy groups -OCH3 is 1. The van der Waals surface area contributed by atoms with E-state index >= 15 is 0 Å². The Labute approximate surface area is 118 Å². The van der Waals surface area contributed by atoms with Crippen molar-refractivity contribution in [2.75, 3.05) is 7.11 Å². The molecule has 5 heteroatoms. The number of carbonyl (C=O) groups excluding carboxylic acids is 1. The molecule has 110 valence electrons. The summed E-state index contributed by atoms with van der Waals surface area (Å²) in [4.78, 5) is 11.9. The second-order valence-electron chi connectivity index (χ2n) is 5.32. The lowest BCUT2D eigenvalue weighted by atomic mass is 9.91. The van der Waals surface area contributed by atoms with Crippen molar-refractivity contribution in [1.82, 2.24) is 5.32 Å². The monoisotopic (exact) mass is 280 g/mol. The molecule has 0 bridgehead atoms. The van der Waals surface area contributed by atoms with Gasteiger partial charge in [0.25, 0.3) is 0 Å². The molecule has 0 atom stereocenters. The Morgan fingerprint density at radius 1 is 1.40 bits per heavy atom. The lowest BCUT2D eigenvalue weighted by Gasteiger charge is -2.26. The van der Waals surface area contributed by atoms with Crippen LogP contribution in [-0.4, -0.2) is 25.1 Å². The molecule has 0 heterocycles. The lowest BCUT2D eigenvalue weighted by molar-refractivity contribution is -0.121. The molecule has 1 aromatic carbocycles. The Morgan fingerprint density at radius 2 is 2.10 bits per heavy atom. The first-order chi connectivity index (χ1) is 9.58. The summed E-state index contributed by atoms with van der Waals surface area (Å²) in [6.45, 7) is 0. The van der Waals surface area contributed by atoms with Crippen LogP contribution in [-0.2, 0) is 11.2 Å². The maximum absolute atomic E-state index is 13.5. The molecular weight excluding hydrogens is 259 g/mol. The van der Waals surface area contributed by atoms with E-state index in [9.17, 15) is 9.18 Å². The fourth-order valence-corrected chi connectivity index (χ4v) is 2.55. The number of ether oxygens (including phenoxy) is 1. The predicted octanol–water partition coefficient (Wildman–Crippen LogP) is 1.76. The second kappa shape index (κ2) is 6.70. The minimum atomic E-state index is -0.443. The van der Waals surface area contributed by atoms with E-state index in [0.717, 1.165) is 25.7 Å². The largest absolute Gasteiger partial charge is 0.494 e. The standard InChI is InChI=1S/C15H21FN2O2/c1-20-14-7-2-10(8-13(14)16)9-15(19)18-12-5-3-11(17)4-6-12/h2,7-8,11-12H,3-6,9,17H2,1H3,(H,18,19). The van der Waals surface area contributed by atoms with Crippen LogP contribution in [0.2, 0.25) is 0 Å². The van der Waals surface area contributed by atoms with Crippen molar-refractivity contribution in [2.45, 2.75) is 44.2 Å². The van der Waals surface area contributed by atoms with Crippen molar-refractivity contribution >= 4 is 5.91 Å². The van der Waals surface area contributed by atoms with Gasteiger partial charge in [-0.25, -0.2) is 4.39 Å². The van der Waals surface area contributed by atoms with Crippen molar-refractivity contribution < 1.29 is 13.9 Å². The van der Waals surface area contributed by atoms with Crippen LogP contribution in [0.3, 0.4) is 0 Å². The number of benzene rings is 1. The molecule has 1 fully saturated rings. The van der Waals surface area contributed by atoms with Crippen LogP contribution in [0, 0.1) is 5.82 Å². The average Bonchev–Trinajstić information content (AvgIpc) is 2.41. The van der Waals surface area contributed by atoms with Crippen LogP contribution in [0.25, 0.3) is 0 Å². The number of rotatable bonds is 4. The van der Waals surface area contributed by atoms with E-state index in [2.05, 4.69) is 5.32 Å². The van der Waals surface area contributed by atoms with Crippen molar-refractivity contribution in [3.63, 3.8) is 0 Å². The van der Waals surface area contributed by atoms with Gasteiger partial charge in [0.2, 0.25) is 5.91 Å². The number of nitrogens with two attached hydrogens (primary N) is 1. The number of amides is 1. The number of carbonyl (C=O) groups is 1. The smallest absolute Gasteiger partial charge is 0.224 e. The van der Waals surface area contributed by atoms with Gasteiger partial charge in [0, 0.05) is 12.1 Å². The molecule has 20 heavy (non-hydrogen) atoms. The molecule has 1 amide bonds. The minimum Gasteiger partial charge on any atom is -0.494 e. The molecule has 1 aliphatic rings. The summed E-state index contributed by atoms with van der Waals surface area (Å²) in [7, 11) is 1.42. The Kier molecular flexibility index (Phi) is 4.95. The van der Waals surface area contributed by atoms with Crippen LogP contribution in [0.1, 0.15) is 31.2 Å². The topological polar surface area (TPSA) is 64.3 Å². The molecule has 3 N–H and O–H groups in total. The van der Waals surface area contributed by atoms with E-state index in [1.807, 2.05) is 0 Å². The van der Waals surface area contributed by atoms with Gasteiger partial charge < -0.3 is 15.8 Å². The maximum Gasteiger partial charge on any atom is 0.224 e. The molecular formula is C15H21FN2O2. The molecule has 1 aliphatic carbocycles. The molecule has 4 nitrogen and oxygen atoms in total. The second-order valence-corrected chi connectivity index (χ2v) is 5.32. The first kappa shape index (κ1) is 14.8. The summed E-state index contributed by atoms with van der Waals surface area (Å²) in [5.74, 6) is -0.327. The third-order valence-corrected chi connectivity index (χ3v) is 3.72. The van der Waals surface area contributed by atoms with Crippen LogP contribution >= 0.6 is 0 Å². The SMILES string of the molecule is COc1ccc(CC(=O)NC2CCC(N)CC2)cc1F. The number of hydrogen-bond acceptors (Lipinski definition) is 3. The van der Waals surface area contributed by atoms with E-state index in [1.54, 1.807) is 6.07 Å². The lowest BCUT2D eigenvalue weighted by Crippen LogP contribution is -2.41. The molecule has 1 saturated carbocycles. The highest BCUT2D eigenvalue weighted by molar-refractivity contribution is 5.78. The fraction of sp³-hybridized carbons (Fsp3) is 0.533. The van der Waals surface area contributed by atoms with Gasteiger partial charge >= 0.3 is 0 Å². The molecule has 2 rings (SSSR count). The third-order valence-electron chi connectivity index (χ3n) is 3.72. The van der Waals surface area contributed by atoms with Crippen LogP contribution in [0.4, 0.5) is 4.39 Å². The summed E-state index contributed by atoms with van der Waals surface area (Å²) in [6.07, 6.45) is 3.92. The number of nitrogens with one attached hydrogen (secondary N) is 1. The van der Waals surface area contributed by atoms with Crippen molar-refractivity contribution in [3.05, 3.63) is 29.6 Å². The molecule has 0 aromatic heterocycles. The van der Waals surface area contributed by atoms with E-state index in [0.29, 0.717) is 5.56 Å². The normalized spacial score (nSPS) is 22.4. The summed E-state index contributed by atoms with van der Waals surface area (Å²) in [5.41, 5.74) is 6.48. The quantitative estimate of drug-likeness (QED) is 0.883. The molecule has 0 spiro atoms. The van der Waals surface area contributed by atoms with Gasteiger partial charge in [0.15, 0.2) is 11.6 Å². The van der Waals surface area contributed by atoms with E-state index in [4.69, 9.17) is 10.5 Å². The summed E-state index contributed by atoms with van der Waals surface area (Å²) in [6, 6.07) is 5.05. The minimum absolute atomic E-state index is 0.0740. The first-order valence-electron chi connectivity index (χ1n) is 6.96. The van der Waals surface area contributed by atoms with Crippen molar-refractivity contribution in [3.8, 4) is 5.75 Å². The molecule has 0 aliphatic heterocycles. The number of hydrogen-bond donors (Lipinski definition) is 2. The first-order valence-corrected chi connectivity index (χ1v) is 6.96. The maximum atomic E-state index is 13.5. The van der Waals surface area contributed by atoms with Gasteiger partial charge in [0.05, 0.1) is 13.5 Å². The molecule has 0 saturated heterocycles. The zero-order chi connectivity index (χ0) is 14.5. The summed E-state index contributed by atoms with van der Waals surface area (Å²) >= 11 is 0. The highest BCUT2D eigenvalue weighted by Crippen LogP contribution is 2.19. The Morgan fingerprint density at radius 3 is 2.70 bits per heavy atom. The van der Waals surface area contributed by atoms with Crippen LogP contribution in [0.15, 0.2) is 18.2 Å². The zero-order valence-corrected chi connectivity index (χ0v) is 11.7.